The number of hydrogen-bond donors (Lipinski definition) is 2. The van der Waals surface area contributed by atoms with Gasteiger partial charge in [0, 0.05) is 31.1 Å². The summed E-state index contributed by atoms with van der Waals surface area (Å²) in [5.74, 6) is 0.923. The van der Waals surface area contributed by atoms with Gasteiger partial charge in [0.2, 0.25) is 0 Å². The largest absolute Gasteiger partial charge is 0.355 e. The summed E-state index contributed by atoms with van der Waals surface area (Å²) >= 11 is 0. The molecule has 1 fully saturated rings. The summed E-state index contributed by atoms with van der Waals surface area (Å²) in [6.07, 6.45) is 0. The summed E-state index contributed by atoms with van der Waals surface area (Å²) in [4.78, 5) is 17.2. The monoisotopic (exact) mass is 243 g/mol. The molecule has 3 rings (SSSR count). The van der Waals surface area contributed by atoms with E-state index in [-0.39, 0.29) is 5.56 Å². The Balaban J connectivity index is 2.04. The number of hydrogen-bond acceptors (Lipinski definition) is 3. The fraction of sp³-hybridized carbons (Fsp3) is 0.357. The molecule has 1 aromatic heterocycles. The lowest BCUT2D eigenvalue weighted by Gasteiger charge is -2.33. The molecule has 1 saturated heterocycles. The maximum absolute atomic E-state index is 12.0. The number of nitrogens with one attached hydrogen (secondary N) is 2. The summed E-state index contributed by atoms with van der Waals surface area (Å²) in [7, 11) is 0. The van der Waals surface area contributed by atoms with Crippen molar-refractivity contribution in [1.82, 2.24) is 10.3 Å². The van der Waals surface area contributed by atoms with Crippen molar-refractivity contribution in [2.75, 3.05) is 24.5 Å². The first kappa shape index (κ1) is 11.3. The van der Waals surface area contributed by atoms with E-state index in [9.17, 15) is 4.79 Å². The molecule has 1 aliphatic heterocycles. The van der Waals surface area contributed by atoms with E-state index in [0.29, 0.717) is 6.04 Å². The van der Waals surface area contributed by atoms with Crippen molar-refractivity contribution >= 4 is 16.6 Å². The molecule has 0 amide bonds. The Morgan fingerprint density at radius 1 is 1.33 bits per heavy atom. The van der Waals surface area contributed by atoms with Gasteiger partial charge in [0.15, 0.2) is 0 Å². The van der Waals surface area contributed by atoms with Crippen molar-refractivity contribution < 1.29 is 0 Å². The van der Waals surface area contributed by atoms with Crippen molar-refractivity contribution in [2.24, 2.45) is 0 Å². The SMILES string of the molecule is C[C@H]1CN(c2cc3ccccc3c(=O)[nH]2)CCN1. The molecule has 1 aromatic carbocycles. The van der Waals surface area contributed by atoms with Crippen LogP contribution >= 0.6 is 0 Å². The maximum atomic E-state index is 12.0. The topological polar surface area (TPSA) is 48.1 Å². The lowest BCUT2D eigenvalue weighted by atomic mass is 10.1. The zero-order chi connectivity index (χ0) is 12.5. The molecule has 0 bridgehead atoms. The van der Waals surface area contributed by atoms with Crippen LogP contribution in [0.2, 0.25) is 0 Å². The Hall–Kier alpha value is -1.81. The predicted octanol–water partition coefficient (Wildman–Crippen LogP) is 1.33. The van der Waals surface area contributed by atoms with Gasteiger partial charge >= 0.3 is 0 Å². The quantitative estimate of drug-likeness (QED) is 0.794. The van der Waals surface area contributed by atoms with Crippen LogP contribution in [0.5, 0.6) is 0 Å². The molecule has 0 aliphatic carbocycles. The number of piperazine rings is 1. The fourth-order valence-electron chi connectivity index (χ4n) is 2.52. The lowest BCUT2D eigenvalue weighted by Crippen LogP contribution is -2.49. The number of nitrogens with zero attached hydrogens (tertiary/aromatic N) is 1. The van der Waals surface area contributed by atoms with Crippen LogP contribution in [0.25, 0.3) is 10.8 Å². The van der Waals surface area contributed by atoms with Crippen molar-refractivity contribution in [3.05, 3.63) is 40.7 Å². The van der Waals surface area contributed by atoms with E-state index in [1.54, 1.807) is 0 Å². The third-order valence-electron chi connectivity index (χ3n) is 3.45. The number of anilines is 1. The zero-order valence-corrected chi connectivity index (χ0v) is 10.4. The first-order valence-electron chi connectivity index (χ1n) is 6.34. The summed E-state index contributed by atoms with van der Waals surface area (Å²) in [6, 6.07) is 10.2. The summed E-state index contributed by atoms with van der Waals surface area (Å²) in [5.41, 5.74) is -0.00529. The standard InChI is InChI=1S/C14H17N3O/c1-10-9-17(7-6-15-10)13-8-11-4-2-3-5-12(11)14(18)16-13/h2-5,8,10,15H,6-7,9H2,1H3,(H,16,18)/t10-/m0/s1. The summed E-state index contributed by atoms with van der Waals surface area (Å²) in [6.45, 7) is 4.97. The third-order valence-corrected chi connectivity index (χ3v) is 3.45. The first-order valence-corrected chi connectivity index (χ1v) is 6.34. The van der Waals surface area contributed by atoms with E-state index in [1.807, 2.05) is 24.3 Å². The van der Waals surface area contributed by atoms with E-state index in [2.05, 4.69) is 28.2 Å². The minimum absolute atomic E-state index is 0.00529. The van der Waals surface area contributed by atoms with Crippen LogP contribution < -0.4 is 15.8 Å². The van der Waals surface area contributed by atoms with Crippen LogP contribution in [0.15, 0.2) is 35.1 Å². The minimum Gasteiger partial charge on any atom is -0.355 e. The molecule has 4 heteroatoms. The first-order chi connectivity index (χ1) is 8.74. The van der Waals surface area contributed by atoms with Crippen molar-refractivity contribution in [3.63, 3.8) is 0 Å². The van der Waals surface area contributed by atoms with E-state index in [4.69, 9.17) is 0 Å². The van der Waals surface area contributed by atoms with Crippen LogP contribution in [0.4, 0.5) is 5.82 Å². The van der Waals surface area contributed by atoms with Gasteiger partial charge in [0.1, 0.15) is 5.82 Å². The van der Waals surface area contributed by atoms with Gasteiger partial charge in [-0.05, 0) is 24.4 Å². The molecule has 2 heterocycles. The Morgan fingerprint density at radius 3 is 3.00 bits per heavy atom. The van der Waals surface area contributed by atoms with E-state index < -0.39 is 0 Å². The fourth-order valence-corrected chi connectivity index (χ4v) is 2.52. The molecule has 2 aromatic rings. The highest BCUT2D eigenvalue weighted by atomic mass is 16.1. The molecule has 1 aliphatic rings. The molecule has 0 radical (unpaired) electrons. The summed E-state index contributed by atoms with van der Waals surface area (Å²) < 4.78 is 0. The Morgan fingerprint density at radius 2 is 2.17 bits per heavy atom. The highest BCUT2D eigenvalue weighted by Gasteiger charge is 2.17. The van der Waals surface area contributed by atoms with E-state index >= 15 is 0 Å². The Bertz CT molecular complexity index is 620. The molecule has 18 heavy (non-hydrogen) atoms. The average Bonchev–Trinajstić information content (AvgIpc) is 2.39. The van der Waals surface area contributed by atoms with Gasteiger partial charge < -0.3 is 15.2 Å². The number of rotatable bonds is 1. The Labute approximate surface area is 106 Å². The third kappa shape index (κ3) is 1.99. The second-order valence-electron chi connectivity index (χ2n) is 4.87. The normalized spacial score (nSPS) is 20.3. The molecule has 2 N–H and O–H groups in total. The van der Waals surface area contributed by atoms with Crippen LogP contribution in [-0.2, 0) is 0 Å². The van der Waals surface area contributed by atoms with Gasteiger partial charge in [-0.2, -0.15) is 0 Å². The number of fused-ring (bicyclic) bond motifs is 1. The van der Waals surface area contributed by atoms with Crippen LogP contribution in [0.3, 0.4) is 0 Å². The number of benzene rings is 1. The van der Waals surface area contributed by atoms with E-state index in [1.165, 1.54) is 0 Å². The molecule has 0 saturated carbocycles. The maximum Gasteiger partial charge on any atom is 0.257 e. The molecule has 0 unspecified atom stereocenters. The second kappa shape index (κ2) is 4.46. The van der Waals surface area contributed by atoms with Gasteiger partial charge in [-0.15, -0.1) is 0 Å². The van der Waals surface area contributed by atoms with Gasteiger partial charge in [-0.25, -0.2) is 0 Å². The molecular weight excluding hydrogens is 226 g/mol. The lowest BCUT2D eigenvalue weighted by molar-refractivity contribution is 0.482. The van der Waals surface area contributed by atoms with Gasteiger partial charge in [-0.1, -0.05) is 18.2 Å². The van der Waals surface area contributed by atoms with Gasteiger partial charge in [0.05, 0.1) is 0 Å². The Kier molecular flexibility index (Phi) is 2.80. The van der Waals surface area contributed by atoms with Gasteiger partial charge in [0.25, 0.3) is 5.56 Å². The number of H-pyrrole nitrogens is 1. The van der Waals surface area contributed by atoms with Crippen LogP contribution in [0.1, 0.15) is 6.92 Å². The highest BCUT2D eigenvalue weighted by Crippen LogP contribution is 2.17. The number of aromatic amines is 1. The molecule has 4 nitrogen and oxygen atoms in total. The van der Waals surface area contributed by atoms with Gasteiger partial charge in [-0.3, -0.25) is 4.79 Å². The van der Waals surface area contributed by atoms with Crippen molar-refractivity contribution in [1.29, 1.82) is 0 Å². The predicted molar refractivity (Wildman–Crippen MR) is 74.2 cm³/mol. The molecular formula is C14H17N3O. The van der Waals surface area contributed by atoms with Crippen molar-refractivity contribution in [2.45, 2.75) is 13.0 Å². The number of aromatic nitrogens is 1. The number of pyridine rings is 1. The van der Waals surface area contributed by atoms with Crippen LogP contribution in [-0.4, -0.2) is 30.7 Å². The molecule has 0 spiro atoms. The van der Waals surface area contributed by atoms with E-state index in [0.717, 1.165) is 36.2 Å². The molecule has 1 atom stereocenters. The van der Waals surface area contributed by atoms with Crippen molar-refractivity contribution in [3.8, 4) is 0 Å². The zero-order valence-electron chi connectivity index (χ0n) is 10.4. The molecule has 94 valence electrons. The second-order valence-corrected chi connectivity index (χ2v) is 4.87. The smallest absolute Gasteiger partial charge is 0.257 e. The minimum atomic E-state index is -0.00529. The average molecular weight is 243 g/mol. The summed E-state index contributed by atoms with van der Waals surface area (Å²) in [5, 5.41) is 5.16. The highest BCUT2D eigenvalue weighted by molar-refractivity contribution is 5.83. The van der Waals surface area contributed by atoms with Crippen LogP contribution in [0, 0.1) is 0 Å².